The number of rotatable bonds is 9. The van der Waals surface area contributed by atoms with Gasteiger partial charge in [-0.25, -0.2) is 9.78 Å². The quantitative estimate of drug-likeness (QED) is 0.273. The van der Waals surface area contributed by atoms with Gasteiger partial charge in [0.15, 0.2) is 0 Å². The van der Waals surface area contributed by atoms with Gasteiger partial charge in [0.1, 0.15) is 23.1 Å². The molecule has 156 valence electrons. The molecule has 2 aromatic carbocycles. The van der Waals surface area contributed by atoms with Crippen molar-refractivity contribution in [2.45, 2.75) is 31.5 Å². The molecule has 0 fully saturated rings. The van der Waals surface area contributed by atoms with Crippen molar-refractivity contribution >= 4 is 51.3 Å². The molecule has 0 aliphatic rings. The van der Waals surface area contributed by atoms with E-state index in [4.69, 9.17) is 16.3 Å². The molecule has 0 aliphatic carbocycles. The number of benzene rings is 2. The molecule has 0 unspecified atom stereocenters. The van der Waals surface area contributed by atoms with Gasteiger partial charge in [0.2, 0.25) is 5.16 Å². The summed E-state index contributed by atoms with van der Waals surface area (Å²) in [7, 11) is 0. The lowest BCUT2D eigenvalue weighted by Crippen LogP contribution is -1.98. The Balaban J connectivity index is 1.71. The standard InChI is InChI=1S/C21H19BrClN3O3S/c1-2-3-19-24-21(26-25-19)30-18(20(27)28)11-14-6-9-17(16(22)10-14)29-12-13-4-7-15(23)8-5-13/h4-11H,2-3,12H2,1H3,(H,27,28)(H,24,25,26)/b18-11-. The first-order chi connectivity index (χ1) is 14.4. The molecule has 30 heavy (non-hydrogen) atoms. The smallest absolute Gasteiger partial charge is 0.342 e. The molecule has 0 spiro atoms. The topological polar surface area (TPSA) is 88.1 Å². The average molecular weight is 509 g/mol. The second-order valence-corrected chi connectivity index (χ2v) is 8.64. The monoisotopic (exact) mass is 507 g/mol. The van der Waals surface area contributed by atoms with E-state index in [1.807, 2.05) is 31.2 Å². The van der Waals surface area contributed by atoms with Gasteiger partial charge in [0.05, 0.1) is 4.47 Å². The molecular formula is C21H19BrClN3O3S. The lowest BCUT2D eigenvalue weighted by atomic mass is 10.2. The maximum atomic E-state index is 11.7. The molecule has 1 heterocycles. The molecule has 3 aromatic rings. The number of nitrogens with zero attached hydrogens (tertiary/aromatic N) is 2. The van der Waals surface area contributed by atoms with Crippen LogP contribution in [-0.4, -0.2) is 26.3 Å². The van der Waals surface area contributed by atoms with E-state index in [2.05, 4.69) is 31.1 Å². The molecule has 3 rings (SSSR count). The predicted octanol–water partition coefficient (Wildman–Crippen LogP) is 5.97. The molecule has 0 saturated heterocycles. The van der Waals surface area contributed by atoms with E-state index < -0.39 is 5.97 Å². The summed E-state index contributed by atoms with van der Waals surface area (Å²) in [6.45, 7) is 2.44. The normalized spacial score (nSPS) is 11.5. The summed E-state index contributed by atoms with van der Waals surface area (Å²) in [6.07, 6.45) is 3.28. The van der Waals surface area contributed by atoms with Crippen molar-refractivity contribution in [3.05, 3.63) is 73.8 Å². The van der Waals surface area contributed by atoms with E-state index in [1.165, 1.54) is 0 Å². The van der Waals surface area contributed by atoms with Crippen molar-refractivity contribution in [1.82, 2.24) is 15.2 Å². The summed E-state index contributed by atoms with van der Waals surface area (Å²) in [6, 6.07) is 12.8. The van der Waals surface area contributed by atoms with Gasteiger partial charge in [-0.1, -0.05) is 36.7 Å². The number of thioether (sulfide) groups is 1. The number of carboxylic acids is 1. The Labute approximate surface area is 191 Å². The zero-order chi connectivity index (χ0) is 21.5. The van der Waals surface area contributed by atoms with Crippen molar-refractivity contribution in [1.29, 1.82) is 0 Å². The zero-order valence-corrected chi connectivity index (χ0v) is 19.2. The highest BCUT2D eigenvalue weighted by molar-refractivity contribution is 9.10. The number of H-pyrrole nitrogens is 1. The summed E-state index contributed by atoms with van der Waals surface area (Å²) in [5.74, 6) is 0.362. The largest absolute Gasteiger partial charge is 0.488 e. The van der Waals surface area contributed by atoms with Gasteiger partial charge in [-0.3, -0.25) is 5.10 Å². The summed E-state index contributed by atoms with van der Waals surface area (Å²) in [5, 5.41) is 17.5. The molecule has 0 bridgehead atoms. The van der Waals surface area contributed by atoms with Crippen molar-refractivity contribution in [3.63, 3.8) is 0 Å². The minimum absolute atomic E-state index is 0.124. The van der Waals surface area contributed by atoms with Crippen LogP contribution in [0, 0.1) is 0 Å². The van der Waals surface area contributed by atoms with Crippen LogP contribution in [0.15, 0.2) is 57.0 Å². The van der Waals surface area contributed by atoms with Gasteiger partial charge < -0.3 is 9.84 Å². The van der Waals surface area contributed by atoms with Crippen molar-refractivity contribution in [2.75, 3.05) is 0 Å². The highest BCUT2D eigenvalue weighted by Crippen LogP contribution is 2.30. The average Bonchev–Trinajstić information content (AvgIpc) is 3.15. The van der Waals surface area contributed by atoms with E-state index in [1.54, 1.807) is 24.3 Å². The van der Waals surface area contributed by atoms with Crippen LogP contribution in [0.25, 0.3) is 6.08 Å². The number of halogens is 2. The SMILES string of the molecule is CCCc1nc(S/C(=C\c2ccc(OCc3ccc(Cl)cc3)c(Br)c2)C(=O)O)n[nH]1. The van der Waals surface area contributed by atoms with E-state index >= 15 is 0 Å². The predicted molar refractivity (Wildman–Crippen MR) is 122 cm³/mol. The molecule has 1 aromatic heterocycles. The fourth-order valence-corrected chi connectivity index (χ4v) is 3.89. The molecule has 9 heteroatoms. The number of hydrogen-bond donors (Lipinski definition) is 2. The van der Waals surface area contributed by atoms with E-state index in [-0.39, 0.29) is 4.91 Å². The molecule has 2 N–H and O–H groups in total. The number of hydrogen-bond acceptors (Lipinski definition) is 5. The molecule has 0 aliphatic heterocycles. The second kappa shape index (κ2) is 10.7. The van der Waals surface area contributed by atoms with Gasteiger partial charge in [-0.2, -0.15) is 0 Å². The van der Waals surface area contributed by atoms with Crippen LogP contribution in [0.2, 0.25) is 5.02 Å². The lowest BCUT2D eigenvalue weighted by molar-refractivity contribution is -0.131. The van der Waals surface area contributed by atoms with Crippen LogP contribution in [0.1, 0.15) is 30.3 Å². The number of ether oxygens (including phenoxy) is 1. The lowest BCUT2D eigenvalue weighted by Gasteiger charge is -2.09. The van der Waals surface area contributed by atoms with Gasteiger partial charge in [0, 0.05) is 11.4 Å². The number of carboxylic acid groups (broad SMARTS) is 1. The number of aliphatic carboxylic acids is 1. The molecule has 0 radical (unpaired) electrons. The van der Waals surface area contributed by atoms with Gasteiger partial charge in [-0.05, 0) is 75.6 Å². The molecular weight excluding hydrogens is 490 g/mol. The maximum absolute atomic E-state index is 11.7. The number of aryl methyl sites for hydroxylation is 1. The van der Waals surface area contributed by atoms with Gasteiger partial charge in [0.25, 0.3) is 0 Å². The third-order valence-corrected chi connectivity index (χ3v) is 5.72. The van der Waals surface area contributed by atoms with Crippen LogP contribution in [0.4, 0.5) is 0 Å². The second-order valence-electron chi connectivity index (χ2n) is 6.34. The molecule has 0 atom stereocenters. The Hall–Kier alpha value is -2.29. The van der Waals surface area contributed by atoms with Crippen LogP contribution >= 0.6 is 39.3 Å². The maximum Gasteiger partial charge on any atom is 0.342 e. The fraction of sp³-hybridized carbons (Fsp3) is 0.190. The van der Waals surface area contributed by atoms with E-state index in [0.717, 1.165) is 46.0 Å². The first-order valence-electron chi connectivity index (χ1n) is 9.15. The zero-order valence-electron chi connectivity index (χ0n) is 16.1. The molecule has 6 nitrogen and oxygen atoms in total. The third-order valence-electron chi connectivity index (χ3n) is 3.97. The Morgan fingerprint density at radius 1 is 1.30 bits per heavy atom. The minimum Gasteiger partial charge on any atom is -0.488 e. The molecule has 0 amide bonds. The van der Waals surface area contributed by atoms with Crippen LogP contribution in [0.5, 0.6) is 5.75 Å². The fourth-order valence-electron chi connectivity index (χ4n) is 2.52. The summed E-state index contributed by atoms with van der Waals surface area (Å²) < 4.78 is 6.56. The van der Waals surface area contributed by atoms with Crippen molar-refractivity contribution < 1.29 is 14.6 Å². The third kappa shape index (κ3) is 6.35. The van der Waals surface area contributed by atoms with Gasteiger partial charge in [-0.15, -0.1) is 5.10 Å². The summed E-state index contributed by atoms with van der Waals surface area (Å²) in [5.41, 5.74) is 1.71. The first kappa shape index (κ1) is 22.4. The first-order valence-corrected chi connectivity index (χ1v) is 11.1. The molecule has 0 saturated carbocycles. The minimum atomic E-state index is -1.04. The number of aromatic amines is 1. The van der Waals surface area contributed by atoms with Crippen molar-refractivity contribution in [3.8, 4) is 5.75 Å². The van der Waals surface area contributed by atoms with Crippen LogP contribution in [-0.2, 0) is 17.8 Å². The Morgan fingerprint density at radius 3 is 2.73 bits per heavy atom. The number of carbonyl (C=O) groups is 1. The van der Waals surface area contributed by atoms with Gasteiger partial charge >= 0.3 is 5.97 Å². The van der Waals surface area contributed by atoms with Crippen LogP contribution in [0.3, 0.4) is 0 Å². The highest BCUT2D eigenvalue weighted by Gasteiger charge is 2.14. The Morgan fingerprint density at radius 2 is 2.07 bits per heavy atom. The van der Waals surface area contributed by atoms with E-state index in [0.29, 0.717) is 22.5 Å². The number of nitrogens with one attached hydrogen (secondary N) is 1. The Bertz CT molecular complexity index is 1050. The number of aromatic nitrogens is 3. The van der Waals surface area contributed by atoms with Crippen LogP contribution < -0.4 is 4.74 Å². The Kier molecular flexibility index (Phi) is 7.95. The highest BCUT2D eigenvalue weighted by atomic mass is 79.9. The van der Waals surface area contributed by atoms with E-state index in [9.17, 15) is 9.90 Å². The summed E-state index contributed by atoms with van der Waals surface area (Å²) >= 11 is 10.4. The van der Waals surface area contributed by atoms with Crippen molar-refractivity contribution in [2.24, 2.45) is 0 Å². The summed E-state index contributed by atoms with van der Waals surface area (Å²) in [4.78, 5) is 16.1.